The molecule has 0 radical (unpaired) electrons. The van der Waals surface area contributed by atoms with Gasteiger partial charge in [-0.15, -0.1) is 0 Å². The van der Waals surface area contributed by atoms with E-state index in [1.54, 1.807) is 0 Å². The maximum atomic E-state index is 11.9. The topological polar surface area (TPSA) is 60.4 Å². The lowest BCUT2D eigenvalue weighted by Gasteiger charge is -2.28. The van der Waals surface area contributed by atoms with E-state index in [2.05, 4.69) is 0 Å². The minimum atomic E-state index is -1.19. The molecule has 0 N–H and O–H groups in total. The average Bonchev–Trinajstić information content (AvgIpc) is 2.16. The molecule has 0 atom stereocenters. The fourth-order valence-electron chi connectivity index (χ4n) is 1.08. The fourth-order valence-corrected chi connectivity index (χ4v) is 1.08. The van der Waals surface area contributed by atoms with Gasteiger partial charge in [0.25, 0.3) is 0 Å². The summed E-state index contributed by atoms with van der Waals surface area (Å²) >= 11 is 0. The third-order valence-electron chi connectivity index (χ3n) is 2.88. The van der Waals surface area contributed by atoms with Crippen molar-refractivity contribution in [1.82, 2.24) is 0 Å². The smallest absolute Gasteiger partial charge is 0.320 e. The Morgan fingerprint density at radius 3 is 1.88 bits per heavy atom. The molecule has 0 aliphatic heterocycles. The Labute approximate surface area is 103 Å². The molecular formula is C13H22O4. The predicted octanol–water partition coefficient (Wildman–Crippen LogP) is 2.29. The van der Waals surface area contributed by atoms with Crippen molar-refractivity contribution in [2.24, 2.45) is 5.41 Å². The van der Waals surface area contributed by atoms with Gasteiger partial charge in [0.1, 0.15) is 11.2 Å². The van der Waals surface area contributed by atoms with E-state index < -0.39 is 17.0 Å². The highest BCUT2D eigenvalue weighted by Crippen LogP contribution is 2.25. The number of hydrogen-bond donors (Lipinski definition) is 0. The van der Waals surface area contributed by atoms with Gasteiger partial charge in [-0.1, -0.05) is 6.92 Å². The largest absolute Gasteiger partial charge is 0.451 e. The van der Waals surface area contributed by atoms with Crippen LogP contribution in [0.2, 0.25) is 0 Å². The molecule has 0 saturated carbocycles. The maximum absolute atomic E-state index is 11.9. The molecule has 0 aromatic rings. The zero-order chi connectivity index (χ0) is 13.9. The number of hydrogen-bond acceptors (Lipinski definition) is 4. The first kappa shape index (κ1) is 15.8. The molecule has 0 rings (SSSR count). The van der Waals surface area contributed by atoms with Crippen LogP contribution in [0.15, 0.2) is 0 Å². The van der Waals surface area contributed by atoms with Crippen molar-refractivity contribution in [2.75, 3.05) is 0 Å². The van der Waals surface area contributed by atoms with Crippen LogP contribution in [-0.4, -0.2) is 23.1 Å². The summed E-state index contributed by atoms with van der Waals surface area (Å²) in [5.41, 5.74) is -2.37. The Morgan fingerprint density at radius 1 is 1.06 bits per heavy atom. The molecule has 4 nitrogen and oxygen atoms in total. The lowest BCUT2D eigenvalue weighted by molar-refractivity contribution is -0.173. The van der Waals surface area contributed by atoms with E-state index in [4.69, 9.17) is 4.74 Å². The van der Waals surface area contributed by atoms with Crippen LogP contribution in [-0.2, 0) is 19.1 Å². The molecule has 0 aliphatic rings. The highest BCUT2D eigenvalue weighted by Gasteiger charge is 2.40. The zero-order valence-electron chi connectivity index (χ0n) is 11.5. The van der Waals surface area contributed by atoms with Gasteiger partial charge in [0, 0.05) is 6.42 Å². The van der Waals surface area contributed by atoms with Gasteiger partial charge in [-0.25, -0.2) is 0 Å². The number of esters is 1. The summed E-state index contributed by atoms with van der Waals surface area (Å²) in [5, 5.41) is 0. The van der Waals surface area contributed by atoms with E-state index in [0.29, 0.717) is 12.8 Å². The van der Waals surface area contributed by atoms with Gasteiger partial charge in [-0.3, -0.25) is 14.4 Å². The van der Waals surface area contributed by atoms with Crippen molar-refractivity contribution in [1.29, 1.82) is 0 Å². The molecule has 0 unspecified atom stereocenters. The van der Waals surface area contributed by atoms with Gasteiger partial charge in [0.15, 0.2) is 11.4 Å². The normalized spacial score (nSPS) is 12.1. The average molecular weight is 242 g/mol. The van der Waals surface area contributed by atoms with Crippen molar-refractivity contribution in [2.45, 2.75) is 60.0 Å². The quantitative estimate of drug-likeness (QED) is 0.529. The number of ether oxygens (including phenoxy) is 1. The predicted molar refractivity (Wildman–Crippen MR) is 64.5 cm³/mol. The first-order valence-corrected chi connectivity index (χ1v) is 5.83. The minimum Gasteiger partial charge on any atom is -0.451 e. The van der Waals surface area contributed by atoms with Crippen molar-refractivity contribution < 1.29 is 19.1 Å². The van der Waals surface area contributed by atoms with Crippen LogP contribution in [0.5, 0.6) is 0 Å². The Bertz CT molecular complexity index is 326. The molecule has 0 bridgehead atoms. The molecule has 4 heteroatoms. The van der Waals surface area contributed by atoms with Crippen LogP contribution >= 0.6 is 0 Å². The van der Waals surface area contributed by atoms with E-state index in [1.807, 2.05) is 6.92 Å². The third kappa shape index (κ3) is 3.95. The molecule has 0 heterocycles. The minimum absolute atomic E-state index is 0.163. The third-order valence-corrected chi connectivity index (χ3v) is 2.88. The molecule has 0 spiro atoms. The van der Waals surface area contributed by atoms with Gasteiger partial charge in [-0.05, 0) is 41.0 Å². The number of ketones is 2. The summed E-state index contributed by atoms with van der Waals surface area (Å²) in [4.78, 5) is 34.9. The second-order valence-electron chi connectivity index (χ2n) is 5.25. The van der Waals surface area contributed by atoms with Gasteiger partial charge in [0.2, 0.25) is 0 Å². The van der Waals surface area contributed by atoms with E-state index in [0.717, 1.165) is 0 Å². The second-order valence-corrected chi connectivity index (χ2v) is 5.25. The summed E-state index contributed by atoms with van der Waals surface area (Å²) in [6, 6.07) is 0. The number of carbonyl (C=O) groups excluding carboxylic acids is 3. The molecule has 0 aromatic carbocycles. The van der Waals surface area contributed by atoms with Crippen LogP contribution < -0.4 is 0 Å². The number of rotatable bonds is 6. The monoisotopic (exact) mass is 242 g/mol. The van der Waals surface area contributed by atoms with Crippen LogP contribution in [0.3, 0.4) is 0 Å². The van der Waals surface area contributed by atoms with E-state index in [9.17, 15) is 14.4 Å². The number of carbonyl (C=O) groups is 3. The van der Waals surface area contributed by atoms with Crippen LogP contribution in [0, 0.1) is 5.41 Å². The van der Waals surface area contributed by atoms with Crippen LogP contribution in [0.1, 0.15) is 54.4 Å². The second kappa shape index (κ2) is 5.43. The highest BCUT2D eigenvalue weighted by molar-refractivity contribution is 6.03. The molecule has 0 saturated heterocycles. The summed E-state index contributed by atoms with van der Waals surface area (Å²) in [5.74, 6) is -1.05. The van der Waals surface area contributed by atoms with Crippen molar-refractivity contribution in [3.05, 3.63) is 0 Å². The molecule has 0 aromatic heterocycles. The first-order chi connectivity index (χ1) is 7.55. The summed E-state index contributed by atoms with van der Waals surface area (Å²) in [6.07, 6.45) is 1.02. The SMILES string of the molecule is CCCC(=O)C(C)(C)C(=O)OC(C)(C)C(C)=O. The lowest BCUT2D eigenvalue weighted by atomic mass is 9.85. The Kier molecular flexibility index (Phi) is 5.05. The van der Waals surface area contributed by atoms with Crippen molar-refractivity contribution in [3.8, 4) is 0 Å². The molecule has 0 amide bonds. The molecule has 98 valence electrons. The zero-order valence-corrected chi connectivity index (χ0v) is 11.5. The van der Waals surface area contributed by atoms with Gasteiger partial charge in [-0.2, -0.15) is 0 Å². The standard InChI is InChI=1S/C13H22O4/c1-7-8-10(15)12(3,4)11(16)17-13(5,6)9(2)14/h7-8H2,1-6H3. The summed E-state index contributed by atoms with van der Waals surface area (Å²) < 4.78 is 5.12. The molecular weight excluding hydrogens is 220 g/mol. The van der Waals surface area contributed by atoms with Crippen molar-refractivity contribution in [3.63, 3.8) is 0 Å². The highest BCUT2D eigenvalue weighted by atomic mass is 16.6. The van der Waals surface area contributed by atoms with E-state index in [-0.39, 0.29) is 11.6 Å². The first-order valence-electron chi connectivity index (χ1n) is 5.83. The fraction of sp³-hybridized carbons (Fsp3) is 0.769. The Hall–Kier alpha value is -1.19. The van der Waals surface area contributed by atoms with Gasteiger partial charge < -0.3 is 4.74 Å². The molecule has 0 fully saturated rings. The maximum Gasteiger partial charge on any atom is 0.320 e. The number of Topliss-reactive ketones (excluding diaryl/α,β-unsaturated/α-hetero) is 2. The summed E-state index contributed by atoms with van der Waals surface area (Å²) in [6.45, 7) is 9.33. The van der Waals surface area contributed by atoms with Gasteiger partial charge in [0.05, 0.1) is 0 Å². The molecule has 17 heavy (non-hydrogen) atoms. The lowest BCUT2D eigenvalue weighted by Crippen LogP contribution is -2.43. The Balaban J connectivity index is 4.82. The van der Waals surface area contributed by atoms with Crippen LogP contribution in [0.4, 0.5) is 0 Å². The summed E-state index contributed by atoms with van der Waals surface area (Å²) in [7, 11) is 0. The van der Waals surface area contributed by atoms with Gasteiger partial charge >= 0.3 is 5.97 Å². The Morgan fingerprint density at radius 2 is 1.53 bits per heavy atom. The van der Waals surface area contributed by atoms with E-state index in [1.165, 1.54) is 34.6 Å². The van der Waals surface area contributed by atoms with Crippen LogP contribution in [0.25, 0.3) is 0 Å². The molecule has 0 aliphatic carbocycles. The van der Waals surface area contributed by atoms with Crippen molar-refractivity contribution >= 4 is 17.5 Å². The van der Waals surface area contributed by atoms with E-state index >= 15 is 0 Å².